The fourth-order valence-electron chi connectivity index (χ4n) is 2.38. The van der Waals surface area contributed by atoms with E-state index < -0.39 is 39.2 Å². The van der Waals surface area contributed by atoms with Crippen LogP contribution in [0.4, 0.5) is 18.9 Å². The van der Waals surface area contributed by atoms with Crippen LogP contribution >= 0.6 is 34.2 Å². The van der Waals surface area contributed by atoms with Crippen LogP contribution in [0.2, 0.25) is 5.02 Å². The minimum Gasteiger partial charge on any atom is -0.271 e. The number of rotatable bonds is 6. The molecule has 0 atom stereocenters. The largest absolute Gasteiger partial charge is 0.417 e. The lowest BCUT2D eigenvalue weighted by atomic mass is 10.1. The minimum atomic E-state index is -4.78. The molecule has 2 aromatic rings. The molecule has 30 heavy (non-hydrogen) atoms. The third kappa shape index (κ3) is 6.57. The molecule has 0 aliphatic heterocycles. The molecule has 0 saturated carbocycles. The number of amides is 1. The summed E-state index contributed by atoms with van der Waals surface area (Å²) in [7, 11) is -4.07. The molecule has 2 aromatic carbocycles. The minimum absolute atomic E-state index is 0.345. The highest BCUT2D eigenvalue weighted by Crippen LogP contribution is 2.37. The molecule has 0 fully saturated rings. The number of hydrazone groups is 1. The van der Waals surface area contributed by atoms with Crippen LogP contribution in [0.3, 0.4) is 0 Å². The van der Waals surface area contributed by atoms with Crippen molar-refractivity contribution >= 4 is 61.5 Å². The third-order valence-electron chi connectivity index (χ3n) is 3.82. The molecule has 1 amide bonds. The van der Waals surface area contributed by atoms with E-state index in [0.717, 1.165) is 27.5 Å². The molecule has 0 radical (unpaired) electrons. The van der Waals surface area contributed by atoms with Crippen LogP contribution in [0.15, 0.2) is 47.6 Å². The summed E-state index contributed by atoms with van der Waals surface area (Å²) in [6.45, 7) is 0.885. The molecule has 2 rings (SSSR count). The summed E-state index contributed by atoms with van der Waals surface area (Å²) in [5, 5.41) is 3.34. The fraction of sp³-hybridized carbons (Fsp3) is 0.222. The molecule has 0 saturated heterocycles. The zero-order valence-electron chi connectivity index (χ0n) is 15.7. The number of nitrogens with one attached hydrogen (secondary N) is 1. The van der Waals surface area contributed by atoms with Gasteiger partial charge in [-0.2, -0.15) is 18.3 Å². The average Bonchev–Trinajstić information content (AvgIpc) is 2.63. The van der Waals surface area contributed by atoms with Gasteiger partial charge in [0.15, 0.2) is 0 Å². The van der Waals surface area contributed by atoms with Crippen LogP contribution in [-0.4, -0.2) is 32.8 Å². The van der Waals surface area contributed by atoms with Crippen LogP contribution in [0.25, 0.3) is 0 Å². The Balaban J connectivity index is 2.26. The molecule has 0 heterocycles. The molecule has 0 spiro atoms. The Hall–Kier alpha value is -1.86. The topological polar surface area (TPSA) is 78.8 Å². The molecule has 0 aromatic heterocycles. The van der Waals surface area contributed by atoms with E-state index in [1.807, 2.05) is 18.2 Å². The number of halogens is 5. The van der Waals surface area contributed by atoms with Crippen molar-refractivity contribution in [2.24, 2.45) is 5.10 Å². The predicted molar refractivity (Wildman–Crippen MR) is 118 cm³/mol. The maximum Gasteiger partial charge on any atom is 0.417 e. The van der Waals surface area contributed by atoms with Crippen molar-refractivity contribution in [3.05, 3.63) is 62.2 Å². The van der Waals surface area contributed by atoms with Crippen molar-refractivity contribution in [1.29, 1.82) is 0 Å². The summed E-state index contributed by atoms with van der Waals surface area (Å²) in [6, 6.07) is 9.89. The SMILES string of the molecule is C/C(=N/NC(=O)CN(c1ccc(Cl)c(C(F)(F)F)c1)S(C)(=O)=O)c1cccc(I)c1. The first-order chi connectivity index (χ1) is 13.8. The monoisotopic (exact) mass is 573 g/mol. The fourth-order valence-corrected chi connectivity index (χ4v) is 3.99. The van der Waals surface area contributed by atoms with Gasteiger partial charge < -0.3 is 0 Å². The molecular weight excluding hydrogens is 558 g/mol. The van der Waals surface area contributed by atoms with E-state index in [4.69, 9.17) is 11.6 Å². The third-order valence-corrected chi connectivity index (χ3v) is 5.96. The number of alkyl halides is 3. The Morgan fingerprint density at radius 2 is 1.90 bits per heavy atom. The molecule has 0 aliphatic rings. The molecule has 12 heteroatoms. The second-order valence-electron chi connectivity index (χ2n) is 6.17. The Kier molecular flexibility index (Phi) is 7.74. The van der Waals surface area contributed by atoms with E-state index in [2.05, 4.69) is 33.1 Å². The molecule has 0 bridgehead atoms. The van der Waals surface area contributed by atoms with Gasteiger partial charge in [-0.1, -0.05) is 23.7 Å². The highest BCUT2D eigenvalue weighted by molar-refractivity contribution is 14.1. The Morgan fingerprint density at radius 1 is 1.23 bits per heavy atom. The molecular formula is C18H16ClF3IN3O3S. The van der Waals surface area contributed by atoms with Crippen LogP contribution < -0.4 is 9.73 Å². The van der Waals surface area contributed by atoms with E-state index in [9.17, 15) is 26.4 Å². The number of sulfonamides is 1. The lowest BCUT2D eigenvalue weighted by Gasteiger charge is -2.22. The molecule has 1 N–H and O–H groups in total. The number of carbonyl (C=O) groups is 1. The van der Waals surface area contributed by atoms with Gasteiger partial charge in [0, 0.05) is 3.57 Å². The molecule has 0 aliphatic carbocycles. The van der Waals surface area contributed by atoms with Crippen molar-refractivity contribution in [3.63, 3.8) is 0 Å². The van der Waals surface area contributed by atoms with Gasteiger partial charge in [-0.25, -0.2) is 13.8 Å². The smallest absolute Gasteiger partial charge is 0.271 e. The quantitative estimate of drug-likeness (QED) is 0.319. The van der Waals surface area contributed by atoms with Crippen LogP contribution in [0.1, 0.15) is 18.1 Å². The zero-order valence-corrected chi connectivity index (χ0v) is 19.4. The molecule has 162 valence electrons. The van der Waals surface area contributed by atoms with Crippen molar-refractivity contribution in [1.82, 2.24) is 5.43 Å². The van der Waals surface area contributed by atoms with Gasteiger partial charge in [-0.05, 0) is 65.4 Å². The normalized spacial score (nSPS) is 12.6. The number of benzene rings is 2. The summed E-state index contributed by atoms with van der Waals surface area (Å²) >= 11 is 7.69. The average molecular weight is 574 g/mol. The summed E-state index contributed by atoms with van der Waals surface area (Å²) in [6.07, 6.45) is -4.00. The maximum atomic E-state index is 13.1. The first-order valence-corrected chi connectivity index (χ1v) is 11.5. The summed E-state index contributed by atoms with van der Waals surface area (Å²) < 4.78 is 65.0. The van der Waals surface area contributed by atoms with Gasteiger partial charge in [0.25, 0.3) is 5.91 Å². The van der Waals surface area contributed by atoms with Gasteiger partial charge in [0.1, 0.15) is 6.54 Å². The van der Waals surface area contributed by atoms with E-state index in [0.29, 0.717) is 16.1 Å². The van der Waals surface area contributed by atoms with Crippen LogP contribution in [0.5, 0.6) is 0 Å². The number of carbonyl (C=O) groups excluding carboxylic acids is 1. The Bertz CT molecular complexity index is 1090. The number of anilines is 1. The van der Waals surface area contributed by atoms with Gasteiger partial charge in [-0.15, -0.1) is 0 Å². The van der Waals surface area contributed by atoms with Gasteiger partial charge >= 0.3 is 6.18 Å². The Labute approximate surface area is 190 Å². The number of hydrogen-bond acceptors (Lipinski definition) is 4. The maximum absolute atomic E-state index is 13.1. The summed E-state index contributed by atoms with van der Waals surface area (Å²) in [4.78, 5) is 12.3. The standard InChI is InChI=1S/C18H16ClF3IN3O3S/c1-11(12-4-3-5-13(23)8-12)24-25-17(27)10-26(30(2,28)29)14-6-7-16(19)15(9-14)18(20,21)22/h3-9H,10H2,1-2H3,(H,25,27)/b24-11-. The Morgan fingerprint density at radius 3 is 2.47 bits per heavy atom. The van der Waals surface area contributed by atoms with Crippen molar-refractivity contribution in [2.45, 2.75) is 13.1 Å². The zero-order chi connectivity index (χ0) is 22.7. The van der Waals surface area contributed by atoms with E-state index in [1.54, 1.807) is 13.0 Å². The van der Waals surface area contributed by atoms with Gasteiger partial charge in [0.05, 0.1) is 28.2 Å². The van der Waals surface area contributed by atoms with Gasteiger partial charge in [0.2, 0.25) is 10.0 Å². The molecule has 6 nitrogen and oxygen atoms in total. The van der Waals surface area contributed by atoms with Crippen molar-refractivity contribution in [3.8, 4) is 0 Å². The number of nitrogens with zero attached hydrogens (tertiary/aromatic N) is 2. The predicted octanol–water partition coefficient (Wildman–Crippen LogP) is 4.27. The summed E-state index contributed by atoms with van der Waals surface area (Å²) in [5.41, 5.74) is 1.89. The van der Waals surface area contributed by atoms with Gasteiger partial charge in [-0.3, -0.25) is 9.10 Å². The first-order valence-electron chi connectivity index (χ1n) is 8.22. The highest BCUT2D eigenvalue weighted by Gasteiger charge is 2.34. The number of hydrogen-bond donors (Lipinski definition) is 1. The molecule has 0 unspecified atom stereocenters. The first kappa shape index (κ1) is 24.4. The van der Waals surface area contributed by atoms with E-state index >= 15 is 0 Å². The second-order valence-corrected chi connectivity index (χ2v) is 9.73. The highest BCUT2D eigenvalue weighted by atomic mass is 127. The summed E-state index contributed by atoms with van der Waals surface area (Å²) in [5.74, 6) is -0.825. The second kappa shape index (κ2) is 9.52. The van der Waals surface area contributed by atoms with E-state index in [-0.39, 0.29) is 5.69 Å². The lowest BCUT2D eigenvalue weighted by Crippen LogP contribution is -2.39. The van der Waals surface area contributed by atoms with Crippen molar-refractivity contribution in [2.75, 3.05) is 17.1 Å². The van der Waals surface area contributed by atoms with Crippen LogP contribution in [0, 0.1) is 3.57 Å². The lowest BCUT2D eigenvalue weighted by molar-refractivity contribution is -0.137. The van der Waals surface area contributed by atoms with E-state index in [1.165, 1.54) is 0 Å². The van der Waals surface area contributed by atoms with Crippen molar-refractivity contribution < 1.29 is 26.4 Å². The van der Waals surface area contributed by atoms with Crippen LogP contribution in [-0.2, 0) is 21.0 Å².